The maximum absolute atomic E-state index is 14.6. The van der Waals surface area contributed by atoms with E-state index < -0.39 is 23.8 Å². The summed E-state index contributed by atoms with van der Waals surface area (Å²) >= 11 is 0. The fraction of sp³-hybridized carbons (Fsp3) is 0.182. The lowest BCUT2D eigenvalue weighted by Gasteiger charge is -2.27. The summed E-state index contributed by atoms with van der Waals surface area (Å²) in [4.78, 5) is 8.30. The molecule has 4 rings (SSSR count). The molecule has 1 aliphatic heterocycles. The Hall–Kier alpha value is -3.62. The summed E-state index contributed by atoms with van der Waals surface area (Å²) in [6.07, 6.45) is 2.50. The molecule has 2 aromatic carbocycles. The summed E-state index contributed by atoms with van der Waals surface area (Å²) in [5, 5.41) is 0. The van der Waals surface area contributed by atoms with Crippen molar-refractivity contribution in [1.82, 2.24) is 4.98 Å². The van der Waals surface area contributed by atoms with Crippen molar-refractivity contribution < 1.29 is 27.0 Å². The van der Waals surface area contributed by atoms with E-state index in [1.54, 1.807) is 19.1 Å². The number of ether oxygens (including phenoxy) is 2. The lowest BCUT2D eigenvalue weighted by Crippen LogP contribution is -2.27. The molecule has 2 heterocycles. The standard InChI is InChI=1S/C22H17F4N3O2/c1-12-8-13(3-5-19(12)31-20(25)26)22(11-30-21(27)29-22)14-2-4-17(23)15(9-14)16-10-28-7-6-18(16)24/h2-10,20H,11H2,1H3,(H2,27,29). The summed E-state index contributed by atoms with van der Waals surface area (Å²) < 4.78 is 64.0. The lowest BCUT2D eigenvalue weighted by atomic mass is 9.82. The van der Waals surface area contributed by atoms with Crippen molar-refractivity contribution in [2.45, 2.75) is 19.1 Å². The lowest BCUT2D eigenvalue weighted by molar-refractivity contribution is -0.0503. The molecule has 0 saturated heterocycles. The van der Waals surface area contributed by atoms with Crippen molar-refractivity contribution in [1.29, 1.82) is 0 Å². The van der Waals surface area contributed by atoms with Gasteiger partial charge in [-0.1, -0.05) is 12.1 Å². The molecule has 0 aliphatic carbocycles. The normalized spacial score (nSPS) is 18.1. The van der Waals surface area contributed by atoms with Gasteiger partial charge in [0.1, 0.15) is 24.0 Å². The number of amidine groups is 1. The highest BCUT2D eigenvalue weighted by molar-refractivity contribution is 5.76. The molecule has 1 aliphatic rings. The summed E-state index contributed by atoms with van der Waals surface area (Å²) in [7, 11) is 0. The fourth-order valence-electron chi connectivity index (χ4n) is 3.59. The molecule has 9 heteroatoms. The molecule has 5 nitrogen and oxygen atoms in total. The average Bonchev–Trinajstić information content (AvgIpc) is 3.13. The summed E-state index contributed by atoms with van der Waals surface area (Å²) in [6, 6.07) is 9.79. The Bertz CT molecular complexity index is 1170. The van der Waals surface area contributed by atoms with Crippen LogP contribution in [0.15, 0.2) is 59.9 Å². The quantitative estimate of drug-likeness (QED) is 0.603. The van der Waals surface area contributed by atoms with Gasteiger partial charge in [-0.2, -0.15) is 8.78 Å². The van der Waals surface area contributed by atoms with Crippen LogP contribution in [0.2, 0.25) is 0 Å². The summed E-state index contributed by atoms with van der Waals surface area (Å²) in [5.41, 5.74) is 6.08. The van der Waals surface area contributed by atoms with Crippen molar-refractivity contribution >= 4 is 6.02 Å². The molecule has 0 amide bonds. The maximum Gasteiger partial charge on any atom is 0.387 e. The highest BCUT2D eigenvalue weighted by Gasteiger charge is 2.41. The van der Waals surface area contributed by atoms with E-state index in [1.807, 2.05) is 0 Å². The van der Waals surface area contributed by atoms with Crippen LogP contribution < -0.4 is 10.5 Å². The van der Waals surface area contributed by atoms with Crippen LogP contribution in [0.4, 0.5) is 17.6 Å². The van der Waals surface area contributed by atoms with Crippen molar-refractivity contribution in [2.75, 3.05) is 6.61 Å². The van der Waals surface area contributed by atoms with Crippen molar-refractivity contribution in [3.63, 3.8) is 0 Å². The Morgan fingerprint density at radius 2 is 1.74 bits per heavy atom. The Morgan fingerprint density at radius 3 is 2.39 bits per heavy atom. The van der Waals surface area contributed by atoms with Gasteiger partial charge in [0.15, 0.2) is 5.54 Å². The third-order valence-corrected chi connectivity index (χ3v) is 5.10. The Kier molecular flexibility index (Phi) is 5.26. The minimum Gasteiger partial charge on any atom is -0.462 e. The molecule has 3 aromatic rings. The van der Waals surface area contributed by atoms with Gasteiger partial charge in [-0.15, -0.1) is 0 Å². The van der Waals surface area contributed by atoms with E-state index in [4.69, 9.17) is 10.5 Å². The molecule has 0 radical (unpaired) electrons. The molecule has 1 unspecified atom stereocenters. The zero-order valence-corrected chi connectivity index (χ0v) is 16.3. The second-order valence-electron chi connectivity index (χ2n) is 7.01. The van der Waals surface area contributed by atoms with Crippen LogP contribution in [0.3, 0.4) is 0 Å². The number of benzene rings is 2. The molecule has 0 fully saturated rings. The van der Waals surface area contributed by atoms with Crippen LogP contribution in [0, 0.1) is 18.6 Å². The zero-order chi connectivity index (χ0) is 22.2. The highest BCUT2D eigenvalue weighted by atomic mass is 19.3. The Balaban J connectivity index is 1.86. The zero-order valence-electron chi connectivity index (χ0n) is 16.3. The van der Waals surface area contributed by atoms with Crippen LogP contribution >= 0.6 is 0 Å². The van der Waals surface area contributed by atoms with Crippen LogP contribution in [-0.4, -0.2) is 24.2 Å². The van der Waals surface area contributed by atoms with Crippen LogP contribution in [-0.2, 0) is 10.3 Å². The van der Waals surface area contributed by atoms with E-state index in [0.29, 0.717) is 16.7 Å². The molecule has 0 bridgehead atoms. The molecule has 1 atom stereocenters. The monoisotopic (exact) mass is 431 g/mol. The summed E-state index contributed by atoms with van der Waals surface area (Å²) in [5.74, 6) is -1.25. The van der Waals surface area contributed by atoms with E-state index in [2.05, 4.69) is 14.7 Å². The number of hydrogen-bond acceptors (Lipinski definition) is 5. The number of aliphatic imine (C=N–C) groups is 1. The topological polar surface area (TPSA) is 69.7 Å². The molecular formula is C22H17F4N3O2. The van der Waals surface area contributed by atoms with Gasteiger partial charge in [0.25, 0.3) is 6.02 Å². The van der Waals surface area contributed by atoms with Gasteiger partial charge in [0.2, 0.25) is 0 Å². The van der Waals surface area contributed by atoms with Crippen LogP contribution in [0.25, 0.3) is 11.1 Å². The second-order valence-corrected chi connectivity index (χ2v) is 7.01. The first-order valence-corrected chi connectivity index (χ1v) is 9.24. The Labute approximate surface area is 175 Å². The smallest absolute Gasteiger partial charge is 0.387 e. The summed E-state index contributed by atoms with van der Waals surface area (Å²) in [6.45, 7) is -1.36. The third kappa shape index (κ3) is 3.78. The van der Waals surface area contributed by atoms with E-state index >= 15 is 0 Å². The predicted molar refractivity (Wildman–Crippen MR) is 106 cm³/mol. The number of rotatable bonds is 5. The predicted octanol–water partition coefficient (Wildman–Crippen LogP) is 4.53. The van der Waals surface area contributed by atoms with Crippen molar-refractivity contribution in [3.05, 3.63) is 83.2 Å². The highest BCUT2D eigenvalue weighted by Crippen LogP contribution is 2.41. The first-order chi connectivity index (χ1) is 14.8. The number of nitrogens with two attached hydrogens (primary N) is 1. The molecule has 0 spiro atoms. The number of pyridine rings is 1. The van der Waals surface area contributed by atoms with Crippen LogP contribution in [0.1, 0.15) is 16.7 Å². The molecule has 31 heavy (non-hydrogen) atoms. The van der Waals surface area contributed by atoms with E-state index in [0.717, 1.165) is 6.07 Å². The minimum absolute atomic E-state index is 0.00229. The largest absolute Gasteiger partial charge is 0.462 e. The van der Waals surface area contributed by atoms with Gasteiger partial charge in [-0.3, -0.25) is 4.98 Å². The number of alkyl halides is 2. The van der Waals surface area contributed by atoms with E-state index in [9.17, 15) is 17.6 Å². The van der Waals surface area contributed by atoms with E-state index in [1.165, 1.54) is 36.7 Å². The molecule has 2 N–H and O–H groups in total. The fourth-order valence-corrected chi connectivity index (χ4v) is 3.59. The van der Waals surface area contributed by atoms with Crippen molar-refractivity contribution in [2.24, 2.45) is 10.7 Å². The van der Waals surface area contributed by atoms with Gasteiger partial charge in [-0.05, 0) is 53.9 Å². The molecular weight excluding hydrogens is 414 g/mol. The molecule has 0 saturated carbocycles. The third-order valence-electron chi connectivity index (χ3n) is 5.10. The minimum atomic E-state index is -2.96. The first-order valence-electron chi connectivity index (χ1n) is 9.24. The number of nitrogens with zero attached hydrogens (tertiary/aromatic N) is 2. The Morgan fingerprint density at radius 1 is 1.03 bits per heavy atom. The number of aromatic nitrogens is 1. The van der Waals surface area contributed by atoms with Gasteiger partial charge < -0.3 is 15.2 Å². The number of halogens is 4. The first kappa shape index (κ1) is 20.6. The SMILES string of the molecule is Cc1cc(C2(c3ccc(F)c(-c4cnccc4F)c3)COC(N)=N2)ccc1OC(F)F. The number of aryl methyl sites for hydroxylation is 1. The molecule has 1 aromatic heterocycles. The number of hydrogen-bond donors (Lipinski definition) is 1. The maximum atomic E-state index is 14.6. The second kappa shape index (κ2) is 7.90. The molecule has 160 valence electrons. The van der Waals surface area contributed by atoms with Gasteiger partial charge in [0.05, 0.1) is 0 Å². The van der Waals surface area contributed by atoms with E-state index in [-0.39, 0.29) is 29.5 Å². The van der Waals surface area contributed by atoms with Gasteiger partial charge in [-0.25, -0.2) is 13.8 Å². The van der Waals surface area contributed by atoms with Gasteiger partial charge >= 0.3 is 6.61 Å². The van der Waals surface area contributed by atoms with Crippen molar-refractivity contribution in [3.8, 4) is 16.9 Å². The van der Waals surface area contributed by atoms with Crippen LogP contribution in [0.5, 0.6) is 5.75 Å². The van der Waals surface area contributed by atoms with Gasteiger partial charge in [0, 0.05) is 23.5 Å². The average molecular weight is 431 g/mol.